The van der Waals surface area contributed by atoms with Crippen molar-refractivity contribution in [2.24, 2.45) is 0 Å². The monoisotopic (exact) mass is 355 g/mol. The molecule has 1 atom stereocenters. The summed E-state index contributed by atoms with van der Waals surface area (Å²) in [6, 6.07) is 12.9. The molecule has 25 heavy (non-hydrogen) atoms. The minimum Gasteiger partial charge on any atom is -0.304 e. The molecule has 0 N–H and O–H groups in total. The van der Waals surface area contributed by atoms with Crippen LogP contribution in [0.4, 0.5) is 5.69 Å². The summed E-state index contributed by atoms with van der Waals surface area (Å²) in [6.07, 6.45) is 3.47. The molecule has 128 valence electrons. The van der Waals surface area contributed by atoms with E-state index in [4.69, 9.17) is 0 Å². The SMILES string of the molecule is CC1Cc2ccccc2N1C(=O)c1nc(S(C)(=O)=O)n2ccccc12. The van der Waals surface area contributed by atoms with Gasteiger partial charge in [0.25, 0.3) is 5.91 Å². The van der Waals surface area contributed by atoms with Gasteiger partial charge in [-0.15, -0.1) is 0 Å². The molecule has 3 heterocycles. The van der Waals surface area contributed by atoms with Crippen molar-refractivity contribution in [3.05, 3.63) is 59.9 Å². The number of imidazole rings is 1. The molecule has 4 rings (SSSR count). The van der Waals surface area contributed by atoms with Crippen LogP contribution < -0.4 is 4.90 Å². The molecule has 0 saturated carbocycles. The Balaban J connectivity index is 1.90. The highest BCUT2D eigenvalue weighted by Crippen LogP contribution is 2.33. The van der Waals surface area contributed by atoms with Crippen molar-refractivity contribution >= 4 is 26.9 Å². The molecule has 1 unspecified atom stereocenters. The van der Waals surface area contributed by atoms with Gasteiger partial charge in [0, 0.05) is 24.2 Å². The van der Waals surface area contributed by atoms with Gasteiger partial charge < -0.3 is 4.90 Å². The third-order valence-corrected chi connectivity index (χ3v) is 5.43. The molecule has 1 aliphatic rings. The summed E-state index contributed by atoms with van der Waals surface area (Å²) in [7, 11) is -3.56. The van der Waals surface area contributed by atoms with Crippen LogP contribution in [0, 0.1) is 0 Å². The number of pyridine rings is 1. The van der Waals surface area contributed by atoms with Gasteiger partial charge in [0.1, 0.15) is 0 Å². The zero-order valence-electron chi connectivity index (χ0n) is 13.9. The Hall–Kier alpha value is -2.67. The van der Waals surface area contributed by atoms with Crippen molar-refractivity contribution < 1.29 is 13.2 Å². The van der Waals surface area contributed by atoms with Gasteiger partial charge in [-0.3, -0.25) is 9.20 Å². The van der Waals surface area contributed by atoms with Crippen LogP contribution >= 0.6 is 0 Å². The predicted molar refractivity (Wildman–Crippen MR) is 94.7 cm³/mol. The summed E-state index contributed by atoms with van der Waals surface area (Å²) in [4.78, 5) is 19.1. The number of rotatable bonds is 2. The highest BCUT2D eigenvalue weighted by molar-refractivity contribution is 7.90. The highest BCUT2D eigenvalue weighted by Gasteiger charge is 2.34. The van der Waals surface area contributed by atoms with E-state index in [0.29, 0.717) is 5.52 Å². The van der Waals surface area contributed by atoms with Crippen LogP contribution in [0.2, 0.25) is 0 Å². The van der Waals surface area contributed by atoms with Gasteiger partial charge in [0.15, 0.2) is 5.69 Å². The molecule has 0 spiro atoms. The quantitative estimate of drug-likeness (QED) is 0.707. The van der Waals surface area contributed by atoms with Crippen molar-refractivity contribution in [2.75, 3.05) is 11.2 Å². The van der Waals surface area contributed by atoms with Gasteiger partial charge in [-0.05, 0) is 37.1 Å². The summed E-state index contributed by atoms with van der Waals surface area (Å²) in [5.74, 6) is -0.281. The fourth-order valence-electron chi connectivity index (χ4n) is 3.42. The van der Waals surface area contributed by atoms with Gasteiger partial charge in [-0.2, -0.15) is 0 Å². The van der Waals surface area contributed by atoms with Crippen LogP contribution in [-0.2, 0) is 16.3 Å². The average Bonchev–Trinajstić information content (AvgIpc) is 3.11. The third-order valence-electron chi connectivity index (χ3n) is 4.48. The maximum absolute atomic E-state index is 13.2. The molecule has 3 aromatic rings. The molecule has 0 radical (unpaired) electrons. The number of carbonyl (C=O) groups excluding carboxylic acids is 1. The number of carbonyl (C=O) groups is 1. The number of anilines is 1. The average molecular weight is 355 g/mol. The van der Waals surface area contributed by atoms with Gasteiger partial charge in [-0.25, -0.2) is 13.4 Å². The first kappa shape index (κ1) is 15.8. The Kier molecular flexibility index (Phi) is 3.43. The smallest absolute Gasteiger partial charge is 0.279 e. The van der Waals surface area contributed by atoms with E-state index in [0.717, 1.165) is 23.9 Å². The Labute approximate surface area is 145 Å². The zero-order valence-corrected chi connectivity index (χ0v) is 14.7. The van der Waals surface area contributed by atoms with Crippen LogP contribution in [-0.4, -0.2) is 36.0 Å². The molecule has 1 aromatic carbocycles. The van der Waals surface area contributed by atoms with E-state index in [-0.39, 0.29) is 22.8 Å². The molecule has 6 nitrogen and oxygen atoms in total. The number of sulfone groups is 1. The van der Waals surface area contributed by atoms with Crippen molar-refractivity contribution in [3.8, 4) is 0 Å². The number of aromatic nitrogens is 2. The van der Waals surface area contributed by atoms with Crippen LogP contribution in [0.25, 0.3) is 5.52 Å². The largest absolute Gasteiger partial charge is 0.304 e. The normalized spacial score (nSPS) is 17.0. The van der Waals surface area contributed by atoms with E-state index in [2.05, 4.69) is 4.98 Å². The second-order valence-electron chi connectivity index (χ2n) is 6.33. The number of amides is 1. The van der Waals surface area contributed by atoms with E-state index in [1.54, 1.807) is 29.3 Å². The Morgan fingerprint density at radius 1 is 1.16 bits per heavy atom. The highest BCUT2D eigenvalue weighted by atomic mass is 32.2. The van der Waals surface area contributed by atoms with E-state index in [1.807, 2.05) is 31.2 Å². The van der Waals surface area contributed by atoms with Crippen LogP contribution in [0.1, 0.15) is 23.0 Å². The number of hydrogen-bond donors (Lipinski definition) is 0. The number of fused-ring (bicyclic) bond motifs is 2. The van der Waals surface area contributed by atoms with Crippen LogP contribution in [0.5, 0.6) is 0 Å². The summed E-state index contributed by atoms with van der Waals surface area (Å²) >= 11 is 0. The summed E-state index contributed by atoms with van der Waals surface area (Å²) < 4.78 is 25.6. The van der Waals surface area contributed by atoms with Crippen molar-refractivity contribution in [1.82, 2.24) is 9.38 Å². The Bertz CT molecular complexity index is 1100. The first-order valence-electron chi connectivity index (χ1n) is 7.96. The van der Waals surface area contributed by atoms with Gasteiger partial charge >= 0.3 is 0 Å². The van der Waals surface area contributed by atoms with E-state index >= 15 is 0 Å². The number of benzene rings is 1. The van der Waals surface area contributed by atoms with Crippen molar-refractivity contribution in [2.45, 2.75) is 24.5 Å². The minimum atomic E-state index is -3.56. The van der Waals surface area contributed by atoms with E-state index < -0.39 is 9.84 Å². The fraction of sp³-hybridized carbons (Fsp3) is 0.222. The lowest BCUT2D eigenvalue weighted by atomic mass is 10.1. The molecular formula is C18H17N3O3S. The minimum absolute atomic E-state index is 0.00736. The van der Waals surface area contributed by atoms with E-state index in [1.165, 1.54) is 4.40 Å². The van der Waals surface area contributed by atoms with E-state index in [9.17, 15) is 13.2 Å². The standard InChI is InChI=1S/C18H17N3O3S/c1-12-11-13-7-3-4-8-14(13)21(12)17(22)16-15-9-5-6-10-20(15)18(19-16)25(2,23)24/h3-10,12H,11H2,1-2H3. The fourth-order valence-corrected chi connectivity index (χ4v) is 4.19. The maximum Gasteiger partial charge on any atom is 0.279 e. The lowest BCUT2D eigenvalue weighted by Crippen LogP contribution is -2.36. The van der Waals surface area contributed by atoms with Gasteiger partial charge in [-0.1, -0.05) is 24.3 Å². The summed E-state index contributed by atoms with van der Waals surface area (Å²) in [5.41, 5.74) is 2.61. The van der Waals surface area contributed by atoms with Crippen molar-refractivity contribution in [3.63, 3.8) is 0 Å². The topological polar surface area (TPSA) is 71.8 Å². The molecular weight excluding hydrogens is 338 g/mol. The second-order valence-corrected chi connectivity index (χ2v) is 8.24. The molecule has 1 aliphatic heterocycles. The lowest BCUT2D eigenvalue weighted by Gasteiger charge is -2.21. The van der Waals surface area contributed by atoms with Gasteiger partial charge in [0.05, 0.1) is 5.52 Å². The molecule has 0 fully saturated rings. The number of nitrogens with zero attached hydrogens (tertiary/aromatic N) is 3. The first-order valence-corrected chi connectivity index (χ1v) is 9.85. The Morgan fingerprint density at radius 3 is 2.64 bits per heavy atom. The lowest BCUT2D eigenvalue weighted by molar-refractivity contribution is 0.0978. The van der Waals surface area contributed by atoms with Gasteiger partial charge in [0.2, 0.25) is 15.0 Å². The summed E-state index contributed by atoms with van der Waals surface area (Å²) in [5, 5.41) is -0.119. The first-order chi connectivity index (χ1) is 11.9. The molecule has 2 aromatic heterocycles. The summed E-state index contributed by atoms with van der Waals surface area (Å²) in [6.45, 7) is 1.98. The Morgan fingerprint density at radius 2 is 1.88 bits per heavy atom. The molecule has 1 amide bonds. The maximum atomic E-state index is 13.2. The number of para-hydroxylation sites is 1. The molecule has 0 aliphatic carbocycles. The van der Waals surface area contributed by atoms with Crippen LogP contribution in [0.15, 0.2) is 53.8 Å². The number of hydrogen-bond acceptors (Lipinski definition) is 4. The predicted octanol–water partition coefficient (Wildman–Crippen LogP) is 2.33. The third kappa shape index (κ3) is 2.42. The van der Waals surface area contributed by atoms with Crippen molar-refractivity contribution in [1.29, 1.82) is 0 Å². The van der Waals surface area contributed by atoms with Crippen LogP contribution in [0.3, 0.4) is 0 Å². The zero-order chi connectivity index (χ0) is 17.8. The molecule has 7 heteroatoms. The molecule has 0 bridgehead atoms. The second kappa shape index (κ2) is 5.42. The molecule has 0 saturated heterocycles.